The average molecular weight is 298 g/mol. The molecule has 2 rings (SSSR count). The number of benzene rings is 1. The Morgan fingerprint density at radius 1 is 1.37 bits per heavy atom. The van der Waals surface area contributed by atoms with E-state index in [4.69, 9.17) is 16.3 Å². The highest BCUT2D eigenvalue weighted by Crippen LogP contribution is 2.29. The summed E-state index contributed by atoms with van der Waals surface area (Å²) in [6.07, 6.45) is 1.10. The summed E-state index contributed by atoms with van der Waals surface area (Å²) in [4.78, 5) is 0. The van der Waals surface area contributed by atoms with E-state index >= 15 is 0 Å². The van der Waals surface area contributed by atoms with Crippen LogP contribution in [0, 0.1) is 6.92 Å². The van der Waals surface area contributed by atoms with Gasteiger partial charge in [-0.3, -0.25) is 0 Å². The lowest BCUT2D eigenvalue weighted by Crippen LogP contribution is -2.13. The van der Waals surface area contributed by atoms with Crippen molar-refractivity contribution in [3.8, 4) is 10.9 Å². The lowest BCUT2D eigenvalue weighted by atomic mass is 10.2. The predicted molar refractivity (Wildman–Crippen MR) is 78.2 cm³/mol. The molecule has 19 heavy (non-hydrogen) atoms. The fourth-order valence-electron chi connectivity index (χ4n) is 1.54. The number of nitrogens with one attached hydrogen (secondary N) is 1. The molecule has 6 heteroatoms. The van der Waals surface area contributed by atoms with Crippen molar-refractivity contribution in [1.82, 2.24) is 15.5 Å². The quantitative estimate of drug-likeness (QED) is 0.824. The number of hydrogen-bond acceptors (Lipinski definition) is 5. The Hall–Kier alpha value is -1.17. The molecule has 0 bridgehead atoms. The molecule has 4 nitrogen and oxygen atoms in total. The molecule has 0 radical (unpaired) electrons. The molecule has 1 N–H and O–H groups in total. The van der Waals surface area contributed by atoms with Crippen LogP contribution in [0.3, 0.4) is 0 Å². The zero-order chi connectivity index (χ0) is 13.7. The van der Waals surface area contributed by atoms with E-state index in [0.717, 1.165) is 35.8 Å². The first kappa shape index (κ1) is 14.2. The Morgan fingerprint density at radius 3 is 2.95 bits per heavy atom. The third kappa shape index (κ3) is 4.16. The Labute approximate surface area is 121 Å². The second-order valence-electron chi connectivity index (χ2n) is 4.15. The minimum atomic E-state index is 0.554. The third-order valence-corrected chi connectivity index (χ3v) is 3.52. The van der Waals surface area contributed by atoms with Crippen LogP contribution in [0.4, 0.5) is 0 Å². The number of nitrogens with zero attached hydrogens (tertiary/aromatic N) is 2. The summed E-state index contributed by atoms with van der Waals surface area (Å²) in [5.41, 5.74) is 0.980. The molecule has 0 atom stereocenters. The molecule has 0 aliphatic rings. The number of aromatic nitrogens is 2. The van der Waals surface area contributed by atoms with Gasteiger partial charge in [0.05, 0.1) is 0 Å². The van der Waals surface area contributed by atoms with Crippen molar-refractivity contribution < 1.29 is 4.74 Å². The van der Waals surface area contributed by atoms with Crippen LogP contribution in [-0.2, 0) is 6.54 Å². The van der Waals surface area contributed by atoms with Crippen LogP contribution in [0.5, 0.6) is 10.9 Å². The maximum atomic E-state index is 5.91. The highest BCUT2D eigenvalue weighted by atomic mass is 35.5. The van der Waals surface area contributed by atoms with E-state index in [1.807, 2.05) is 19.1 Å². The van der Waals surface area contributed by atoms with Crippen LogP contribution in [0.15, 0.2) is 18.2 Å². The van der Waals surface area contributed by atoms with E-state index in [1.54, 1.807) is 6.07 Å². The molecule has 0 aliphatic carbocycles. The van der Waals surface area contributed by atoms with Crippen LogP contribution >= 0.6 is 22.9 Å². The molecule has 2 aromatic rings. The molecule has 102 valence electrons. The van der Waals surface area contributed by atoms with Crippen molar-refractivity contribution >= 4 is 22.9 Å². The van der Waals surface area contributed by atoms with Gasteiger partial charge in [0.1, 0.15) is 10.8 Å². The monoisotopic (exact) mass is 297 g/mol. The van der Waals surface area contributed by atoms with E-state index in [-0.39, 0.29) is 0 Å². The van der Waals surface area contributed by atoms with E-state index < -0.39 is 0 Å². The summed E-state index contributed by atoms with van der Waals surface area (Å²) < 4.78 is 5.71. The van der Waals surface area contributed by atoms with Crippen molar-refractivity contribution in [3.05, 3.63) is 33.8 Å². The second kappa shape index (κ2) is 6.84. The molecule has 0 aliphatic heterocycles. The standard InChI is InChI=1S/C13H16ClN3OS/c1-3-6-15-8-12-16-17-13(19-12)18-11-5-4-10(14)7-9(11)2/h4-5,7,15H,3,6,8H2,1-2H3. The van der Waals surface area contributed by atoms with Crippen LogP contribution in [0.1, 0.15) is 23.9 Å². The summed E-state index contributed by atoms with van der Waals surface area (Å²) in [5, 5.41) is 13.6. The topological polar surface area (TPSA) is 47.0 Å². The van der Waals surface area contributed by atoms with Gasteiger partial charge < -0.3 is 10.1 Å². The largest absolute Gasteiger partial charge is 0.430 e. The van der Waals surface area contributed by atoms with Gasteiger partial charge in [-0.15, -0.1) is 5.10 Å². The summed E-state index contributed by atoms with van der Waals surface area (Å²) in [6.45, 7) is 5.79. The van der Waals surface area contributed by atoms with Gasteiger partial charge in [0.25, 0.3) is 5.19 Å². The van der Waals surface area contributed by atoms with E-state index in [9.17, 15) is 0 Å². The Morgan fingerprint density at radius 2 is 2.21 bits per heavy atom. The highest BCUT2D eigenvalue weighted by molar-refractivity contribution is 7.13. The average Bonchev–Trinajstić information content (AvgIpc) is 2.81. The summed E-state index contributed by atoms with van der Waals surface area (Å²) in [5.74, 6) is 0.758. The molecular formula is C13H16ClN3OS. The Balaban J connectivity index is 1.99. The van der Waals surface area contributed by atoms with Crippen molar-refractivity contribution in [1.29, 1.82) is 0 Å². The Kier molecular flexibility index (Phi) is 5.13. The summed E-state index contributed by atoms with van der Waals surface area (Å²) in [6, 6.07) is 5.50. The van der Waals surface area contributed by atoms with Gasteiger partial charge in [0.2, 0.25) is 0 Å². The fourth-order valence-corrected chi connectivity index (χ4v) is 2.44. The SMILES string of the molecule is CCCNCc1nnc(Oc2ccc(Cl)cc2C)s1. The van der Waals surface area contributed by atoms with Crippen molar-refractivity contribution in [2.45, 2.75) is 26.8 Å². The number of hydrogen-bond donors (Lipinski definition) is 1. The van der Waals surface area contributed by atoms with E-state index in [1.165, 1.54) is 11.3 Å². The van der Waals surface area contributed by atoms with Crippen molar-refractivity contribution in [2.75, 3.05) is 6.54 Å². The van der Waals surface area contributed by atoms with Gasteiger partial charge in [-0.05, 0) is 43.7 Å². The first-order valence-electron chi connectivity index (χ1n) is 6.16. The van der Waals surface area contributed by atoms with Gasteiger partial charge in [0.15, 0.2) is 0 Å². The zero-order valence-corrected chi connectivity index (χ0v) is 12.5. The van der Waals surface area contributed by atoms with Crippen LogP contribution in [0.25, 0.3) is 0 Å². The van der Waals surface area contributed by atoms with E-state index in [0.29, 0.717) is 10.2 Å². The van der Waals surface area contributed by atoms with Crippen LogP contribution in [0.2, 0.25) is 5.02 Å². The van der Waals surface area contributed by atoms with Crippen LogP contribution in [-0.4, -0.2) is 16.7 Å². The second-order valence-corrected chi connectivity index (χ2v) is 5.61. The maximum Gasteiger partial charge on any atom is 0.299 e. The maximum absolute atomic E-state index is 5.91. The summed E-state index contributed by atoms with van der Waals surface area (Å²) in [7, 11) is 0. The molecule has 0 fully saturated rings. The third-order valence-electron chi connectivity index (χ3n) is 2.49. The lowest BCUT2D eigenvalue weighted by Gasteiger charge is -2.04. The van der Waals surface area contributed by atoms with E-state index in [2.05, 4.69) is 22.4 Å². The number of aryl methyl sites for hydroxylation is 1. The molecule has 0 saturated carbocycles. The van der Waals surface area contributed by atoms with Gasteiger partial charge in [-0.25, -0.2) is 0 Å². The molecule has 0 unspecified atom stereocenters. The van der Waals surface area contributed by atoms with Gasteiger partial charge in [-0.2, -0.15) is 0 Å². The zero-order valence-electron chi connectivity index (χ0n) is 10.9. The molecule has 1 heterocycles. The van der Waals surface area contributed by atoms with Crippen molar-refractivity contribution in [3.63, 3.8) is 0 Å². The normalized spacial score (nSPS) is 10.7. The number of ether oxygens (including phenoxy) is 1. The Bertz CT molecular complexity index is 544. The molecule has 0 saturated heterocycles. The minimum absolute atomic E-state index is 0.554. The lowest BCUT2D eigenvalue weighted by molar-refractivity contribution is 0.469. The molecule has 0 amide bonds. The smallest absolute Gasteiger partial charge is 0.299 e. The van der Waals surface area contributed by atoms with Gasteiger partial charge in [-0.1, -0.05) is 35.0 Å². The van der Waals surface area contributed by atoms with Crippen LogP contribution < -0.4 is 10.1 Å². The number of halogens is 1. The molecular weight excluding hydrogens is 282 g/mol. The highest BCUT2D eigenvalue weighted by Gasteiger charge is 2.08. The fraction of sp³-hybridized carbons (Fsp3) is 0.385. The summed E-state index contributed by atoms with van der Waals surface area (Å²) >= 11 is 7.36. The van der Waals surface area contributed by atoms with Gasteiger partial charge in [0, 0.05) is 11.6 Å². The predicted octanol–water partition coefficient (Wildman–Crippen LogP) is 3.79. The molecule has 0 spiro atoms. The van der Waals surface area contributed by atoms with Gasteiger partial charge >= 0.3 is 0 Å². The van der Waals surface area contributed by atoms with Crippen molar-refractivity contribution in [2.24, 2.45) is 0 Å². The number of rotatable bonds is 6. The first-order chi connectivity index (χ1) is 9.19. The molecule has 1 aromatic carbocycles. The first-order valence-corrected chi connectivity index (χ1v) is 7.35. The minimum Gasteiger partial charge on any atom is -0.430 e. The molecule has 1 aromatic heterocycles.